The molecule has 1 aromatic carbocycles. The van der Waals surface area contributed by atoms with Crippen LogP contribution in [-0.2, 0) is 13.1 Å². The standard InChI is InChI=1S/C17H16N6/c1-4-21(12-18-1)10-15-7-16(11-22-5-2-19-13-22)9-17(8-15)23-6-3-20-14-23/h1-9,12-14H,10-11H2. The van der Waals surface area contributed by atoms with Crippen LogP contribution in [0.15, 0.2) is 74.4 Å². The van der Waals surface area contributed by atoms with Gasteiger partial charge in [0.15, 0.2) is 0 Å². The molecule has 4 rings (SSSR count). The topological polar surface area (TPSA) is 53.5 Å². The van der Waals surface area contributed by atoms with Gasteiger partial charge < -0.3 is 13.7 Å². The van der Waals surface area contributed by atoms with Gasteiger partial charge in [-0.2, -0.15) is 0 Å². The van der Waals surface area contributed by atoms with Crippen molar-refractivity contribution < 1.29 is 0 Å². The maximum Gasteiger partial charge on any atom is 0.0991 e. The molecule has 0 aliphatic carbocycles. The molecule has 0 amide bonds. The Balaban J connectivity index is 1.71. The third-order valence-corrected chi connectivity index (χ3v) is 3.69. The minimum Gasteiger partial charge on any atom is -0.333 e. The van der Waals surface area contributed by atoms with Gasteiger partial charge in [-0.15, -0.1) is 0 Å². The normalized spacial score (nSPS) is 11.0. The zero-order valence-electron chi connectivity index (χ0n) is 12.5. The molecule has 0 atom stereocenters. The van der Waals surface area contributed by atoms with Crippen molar-refractivity contribution >= 4 is 0 Å². The summed E-state index contributed by atoms with van der Waals surface area (Å²) >= 11 is 0. The Kier molecular flexibility index (Phi) is 3.48. The smallest absolute Gasteiger partial charge is 0.0991 e. The lowest BCUT2D eigenvalue weighted by atomic mass is 10.1. The Hall–Kier alpha value is -3.15. The zero-order chi connectivity index (χ0) is 15.5. The maximum atomic E-state index is 4.14. The Morgan fingerprint density at radius 1 is 0.652 bits per heavy atom. The second-order valence-corrected chi connectivity index (χ2v) is 5.45. The summed E-state index contributed by atoms with van der Waals surface area (Å²) in [6, 6.07) is 6.58. The maximum absolute atomic E-state index is 4.14. The Morgan fingerprint density at radius 3 is 1.70 bits per heavy atom. The third-order valence-electron chi connectivity index (χ3n) is 3.69. The first-order valence-corrected chi connectivity index (χ1v) is 7.39. The number of aromatic nitrogens is 6. The molecule has 6 heteroatoms. The van der Waals surface area contributed by atoms with Crippen molar-refractivity contribution in [2.24, 2.45) is 0 Å². The summed E-state index contributed by atoms with van der Waals surface area (Å²) in [5, 5.41) is 0. The van der Waals surface area contributed by atoms with Crippen LogP contribution in [0.5, 0.6) is 0 Å². The quantitative estimate of drug-likeness (QED) is 0.569. The first-order valence-electron chi connectivity index (χ1n) is 7.39. The molecule has 114 valence electrons. The van der Waals surface area contributed by atoms with Gasteiger partial charge in [-0.1, -0.05) is 6.07 Å². The van der Waals surface area contributed by atoms with Gasteiger partial charge in [0.25, 0.3) is 0 Å². The highest BCUT2D eigenvalue weighted by Gasteiger charge is 2.05. The van der Waals surface area contributed by atoms with Gasteiger partial charge in [-0.3, -0.25) is 0 Å². The fourth-order valence-corrected chi connectivity index (χ4v) is 2.67. The van der Waals surface area contributed by atoms with Crippen LogP contribution >= 0.6 is 0 Å². The van der Waals surface area contributed by atoms with Crippen LogP contribution in [0, 0.1) is 0 Å². The lowest BCUT2D eigenvalue weighted by Crippen LogP contribution is -2.03. The summed E-state index contributed by atoms with van der Waals surface area (Å²) in [7, 11) is 0. The van der Waals surface area contributed by atoms with Crippen LogP contribution in [0.4, 0.5) is 0 Å². The van der Waals surface area contributed by atoms with E-state index >= 15 is 0 Å². The van der Waals surface area contributed by atoms with Gasteiger partial charge in [0, 0.05) is 56.0 Å². The Bertz CT molecular complexity index is 806. The fraction of sp³-hybridized carbons (Fsp3) is 0.118. The highest BCUT2D eigenvalue weighted by Crippen LogP contribution is 2.17. The SMILES string of the molecule is c1cn(Cc2cc(Cn3ccnc3)cc(-n3ccnc3)c2)cn1. The summed E-state index contributed by atoms with van der Waals surface area (Å²) in [4.78, 5) is 12.4. The Morgan fingerprint density at radius 2 is 1.22 bits per heavy atom. The second kappa shape index (κ2) is 5.92. The molecule has 0 N–H and O–H groups in total. The summed E-state index contributed by atoms with van der Waals surface area (Å²) < 4.78 is 6.15. The van der Waals surface area contributed by atoms with Gasteiger partial charge >= 0.3 is 0 Å². The third kappa shape index (κ3) is 3.06. The number of hydrogen-bond donors (Lipinski definition) is 0. The van der Waals surface area contributed by atoms with Gasteiger partial charge in [0.05, 0.1) is 19.0 Å². The second-order valence-electron chi connectivity index (χ2n) is 5.45. The zero-order valence-corrected chi connectivity index (χ0v) is 12.5. The van der Waals surface area contributed by atoms with Crippen molar-refractivity contribution in [3.05, 3.63) is 85.5 Å². The highest BCUT2D eigenvalue weighted by molar-refractivity contribution is 5.40. The van der Waals surface area contributed by atoms with Gasteiger partial charge in [-0.05, 0) is 23.3 Å². The first-order chi connectivity index (χ1) is 11.4. The van der Waals surface area contributed by atoms with Crippen LogP contribution in [0.1, 0.15) is 11.1 Å². The van der Waals surface area contributed by atoms with Crippen molar-refractivity contribution in [1.82, 2.24) is 28.7 Å². The van der Waals surface area contributed by atoms with Gasteiger partial charge in [0.1, 0.15) is 0 Å². The predicted octanol–water partition coefficient (Wildman–Crippen LogP) is 2.36. The molecule has 0 fully saturated rings. The molecular weight excluding hydrogens is 288 g/mol. The minimum absolute atomic E-state index is 0.791. The van der Waals surface area contributed by atoms with E-state index in [9.17, 15) is 0 Å². The lowest BCUT2D eigenvalue weighted by Gasteiger charge is -2.11. The van der Waals surface area contributed by atoms with E-state index < -0.39 is 0 Å². The number of nitrogens with zero attached hydrogens (tertiary/aromatic N) is 6. The van der Waals surface area contributed by atoms with E-state index in [1.165, 1.54) is 11.1 Å². The van der Waals surface area contributed by atoms with E-state index in [4.69, 9.17) is 0 Å². The lowest BCUT2D eigenvalue weighted by molar-refractivity contribution is 0.775. The molecule has 0 bridgehead atoms. The van der Waals surface area contributed by atoms with Crippen LogP contribution in [0.25, 0.3) is 5.69 Å². The van der Waals surface area contributed by atoms with Crippen LogP contribution in [-0.4, -0.2) is 28.7 Å². The number of rotatable bonds is 5. The summed E-state index contributed by atoms with van der Waals surface area (Å²) in [5.74, 6) is 0. The molecule has 3 heterocycles. The van der Waals surface area contributed by atoms with E-state index in [-0.39, 0.29) is 0 Å². The van der Waals surface area contributed by atoms with Crippen LogP contribution in [0.3, 0.4) is 0 Å². The molecule has 0 radical (unpaired) electrons. The molecule has 23 heavy (non-hydrogen) atoms. The fourth-order valence-electron chi connectivity index (χ4n) is 2.67. The van der Waals surface area contributed by atoms with Crippen molar-refractivity contribution in [2.45, 2.75) is 13.1 Å². The molecule has 6 nitrogen and oxygen atoms in total. The summed E-state index contributed by atoms with van der Waals surface area (Å²) in [5.41, 5.74) is 3.56. The molecule has 0 saturated carbocycles. The molecule has 0 aliphatic rings. The summed E-state index contributed by atoms with van der Waals surface area (Å²) in [6.45, 7) is 1.58. The van der Waals surface area contributed by atoms with Crippen LogP contribution in [0.2, 0.25) is 0 Å². The van der Waals surface area contributed by atoms with Crippen molar-refractivity contribution in [2.75, 3.05) is 0 Å². The van der Waals surface area contributed by atoms with Crippen molar-refractivity contribution in [1.29, 1.82) is 0 Å². The largest absolute Gasteiger partial charge is 0.333 e. The van der Waals surface area contributed by atoms with Crippen molar-refractivity contribution in [3.8, 4) is 5.69 Å². The number of imidazole rings is 3. The average molecular weight is 304 g/mol. The molecule has 0 aliphatic heterocycles. The van der Waals surface area contributed by atoms with Gasteiger partial charge in [0.2, 0.25) is 0 Å². The molecule has 0 saturated heterocycles. The monoisotopic (exact) mass is 304 g/mol. The van der Waals surface area contributed by atoms with E-state index in [0.29, 0.717) is 0 Å². The van der Waals surface area contributed by atoms with Gasteiger partial charge in [-0.25, -0.2) is 15.0 Å². The average Bonchev–Trinajstić information content (AvgIpc) is 3.31. The number of benzene rings is 1. The Labute approximate surface area is 133 Å². The predicted molar refractivity (Wildman–Crippen MR) is 86.2 cm³/mol. The molecular formula is C17H16N6. The van der Waals surface area contributed by atoms with E-state index in [0.717, 1.165) is 18.8 Å². The van der Waals surface area contributed by atoms with Crippen molar-refractivity contribution in [3.63, 3.8) is 0 Å². The molecule has 0 unspecified atom stereocenters. The van der Waals surface area contributed by atoms with E-state index in [2.05, 4.69) is 42.3 Å². The van der Waals surface area contributed by atoms with E-state index in [1.54, 1.807) is 18.6 Å². The highest BCUT2D eigenvalue weighted by atomic mass is 15.0. The minimum atomic E-state index is 0.791. The summed E-state index contributed by atoms with van der Waals surface area (Å²) in [6.07, 6.45) is 16.8. The number of hydrogen-bond acceptors (Lipinski definition) is 3. The molecule has 0 spiro atoms. The van der Waals surface area contributed by atoms with E-state index in [1.807, 2.05) is 42.1 Å². The molecule has 3 aromatic heterocycles. The first kappa shape index (κ1) is 13.5. The molecule has 4 aromatic rings. The van der Waals surface area contributed by atoms with Crippen LogP contribution < -0.4 is 0 Å².